The van der Waals surface area contributed by atoms with Crippen molar-refractivity contribution in [3.63, 3.8) is 0 Å². The first-order valence-corrected chi connectivity index (χ1v) is 25.9. The number of aromatic carboxylic acids is 1. The van der Waals surface area contributed by atoms with Gasteiger partial charge in [0, 0.05) is 82.8 Å². The van der Waals surface area contributed by atoms with E-state index in [-0.39, 0.29) is 39.2 Å². The van der Waals surface area contributed by atoms with Crippen LogP contribution in [-0.4, -0.2) is 59.2 Å². The minimum Gasteiger partial charge on any atom is -0.508 e. The van der Waals surface area contributed by atoms with Gasteiger partial charge in [-0.25, -0.2) is 9.59 Å². The topological polar surface area (TPSA) is 137 Å². The summed E-state index contributed by atoms with van der Waals surface area (Å²) in [5, 5.41) is 28.7. The van der Waals surface area contributed by atoms with Crippen molar-refractivity contribution < 1.29 is 39.2 Å². The molecule has 0 amide bonds. The number of anilines is 2. The quantitative estimate of drug-likeness (QED) is 0.0756. The Hall–Kier alpha value is -8.63. The summed E-state index contributed by atoms with van der Waals surface area (Å²) in [6, 6.07) is 59.4. The van der Waals surface area contributed by atoms with Crippen LogP contribution >= 0.6 is 0 Å². The molecule has 0 saturated heterocycles. The number of ketones is 1. The van der Waals surface area contributed by atoms with E-state index in [1.807, 2.05) is 73.3 Å². The highest BCUT2D eigenvalue weighted by molar-refractivity contribution is 6.15. The van der Waals surface area contributed by atoms with Gasteiger partial charge < -0.3 is 34.6 Å². The van der Waals surface area contributed by atoms with Crippen molar-refractivity contribution in [1.29, 1.82) is 0 Å². The molecule has 0 bridgehead atoms. The van der Waals surface area contributed by atoms with Gasteiger partial charge in [-0.05, 0) is 111 Å². The maximum atomic E-state index is 13.3. The van der Waals surface area contributed by atoms with Crippen molar-refractivity contribution >= 4 is 29.1 Å². The molecule has 10 heteroatoms. The van der Waals surface area contributed by atoms with Gasteiger partial charge in [-0.3, -0.25) is 4.79 Å². The van der Waals surface area contributed by atoms with Crippen molar-refractivity contribution in [3.05, 3.63) is 249 Å². The number of aromatic hydroxyl groups is 2. The van der Waals surface area contributed by atoms with E-state index in [2.05, 4.69) is 125 Å². The molecule has 0 aromatic heterocycles. The SMILES string of the molecule is CC(C)(c1ccccc1)c1ccc(O)cc1.CCN(CC)c1ccc(C(=O)c2ccccc2C(=O)O)c(O)c1.CCN(CC)c1ccc2c(c1)Oc1ccc(C(C)(C)c3ccccc3)cc1C21OC(=O)c2ccccc21. The maximum absolute atomic E-state index is 13.3. The molecular weight excluding hydrogens is 949 g/mol. The molecule has 1 spiro atoms. The van der Waals surface area contributed by atoms with Crippen LogP contribution in [0.2, 0.25) is 0 Å². The van der Waals surface area contributed by atoms with Crippen molar-refractivity contribution in [2.75, 3.05) is 36.0 Å². The van der Waals surface area contributed by atoms with Gasteiger partial charge in [-0.2, -0.15) is 0 Å². The molecule has 0 aliphatic carbocycles. The van der Waals surface area contributed by atoms with Gasteiger partial charge >= 0.3 is 11.9 Å². The summed E-state index contributed by atoms with van der Waals surface area (Å²) in [5.41, 5.74) is 8.61. The number of carboxylic acid groups (broad SMARTS) is 1. The van der Waals surface area contributed by atoms with Gasteiger partial charge in [0.2, 0.25) is 0 Å². The third kappa shape index (κ3) is 10.4. The Kier molecular flexibility index (Phi) is 15.9. The number of ether oxygens (including phenoxy) is 2. The first kappa shape index (κ1) is 53.7. The zero-order valence-corrected chi connectivity index (χ0v) is 44.5. The van der Waals surface area contributed by atoms with E-state index in [0.717, 1.165) is 65.6 Å². The molecule has 1 unspecified atom stereocenters. The van der Waals surface area contributed by atoms with Crippen LogP contribution in [0.25, 0.3) is 0 Å². The average molecular weight is 1020 g/mol. The summed E-state index contributed by atoms with van der Waals surface area (Å²) >= 11 is 0. The Morgan fingerprint density at radius 3 is 1.57 bits per heavy atom. The summed E-state index contributed by atoms with van der Waals surface area (Å²) in [4.78, 5) is 41.4. The summed E-state index contributed by atoms with van der Waals surface area (Å²) < 4.78 is 13.0. The fraction of sp³-hybridized carbons (Fsp3) is 0.227. The molecule has 10 rings (SSSR count). The van der Waals surface area contributed by atoms with E-state index < -0.39 is 17.4 Å². The number of carbonyl (C=O) groups is 3. The molecule has 1 atom stereocenters. The molecule has 10 nitrogen and oxygen atoms in total. The van der Waals surface area contributed by atoms with Crippen LogP contribution in [0.5, 0.6) is 23.0 Å². The molecule has 3 N–H and O–H groups in total. The molecule has 8 aromatic carbocycles. The molecular formula is C66H66N2O8. The fourth-order valence-electron chi connectivity index (χ4n) is 10.3. The normalized spacial score (nSPS) is 14.0. The number of nitrogens with zero attached hydrogens (tertiary/aromatic N) is 2. The number of benzene rings is 8. The first-order valence-electron chi connectivity index (χ1n) is 25.9. The van der Waals surface area contributed by atoms with E-state index in [4.69, 9.17) is 9.47 Å². The molecule has 0 saturated carbocycles. The number of carbonyl (C=O) groups excluding carboxylic acids is 2. The summed E-state index contributed by atoms with van der Waals surface area (Å²) in [7, 11) is 0. The van der Waals surface area contributed by atoms with Crippen LogP contribution in [0.4, 0.5) is 11.4 Å². The van der Waals surface area contributed by atoms with Gasteiger partial charge in [0.1, 0.15) is 23.0 Å². The lowest BCUT2D eigenvalue weighted by Gasteiger charge is -2.38. The van der Waals surface area contributed by atoms with Crippen LogP contribution in [0.15, 0.2) is 188 Å². The molecule has 76 heavy (non-hydrogen) atoms. The second kappa shape index (κ2) is 22.5. The maximum Gasteiger partial charge on any atom is 0.340 e. The third-order valence-corrected chi connectivity index (χ3v) is 14.9. The van der Waals surface area contributed by atoms with Crippen molar-refractivity contribution in [1.82, 2.24) is 0 Å². The molecule has 2 heterocycles. The lowest BCUT2D eigenvalue weighted by Crippen LogP contribution is -2.34. The summed E-state index contributed by atoms with van der Waals surface area (Å²) in [6.45, 7) is 20.5. The van der Waals surface area contributed by atoms with Crippen molar-refractivity contribution in [2.45, 2.75) is 71.8 Å². The third-order valence-electron chi connectivity index (χ3n) is 14.9. The van der Waals surface area contributed by atoms with Crippen molar-refractivity contribution in [2.24, 2.45) is 0 Å². The van der Waals surface area contributed by atoms with Gasteiger partial charge in [0.15, 0.2) is 11.4 Å². The van der Waals surface area contributed by atoms with Crippen LogP contribution in [-0.2, 0) is 21.2 Å². The van der Waals surface area contributed by atoms with Crippen LogP contribution < -0.4 is 14.5 Å². The van der Waals surface area contributed by atoms with E-state index in [0.29, 0.717) is 17.1 Å². The summed E-state index contributed by atoms with van der Waals surface area (Å²) in [6.07, 6.45) is 0. The van der Waals surface area contributed by atoms with Gasteiger partial charge in [-0.1, -0.05) is 143 Å². The van der Waals surface area contributed by atoms with E-state index in [9.17, 15) is 29.7 Å². The Labute approximate surface area is 446 Å². The Balaban J connectivity index is 0.000000167. The van der Waals surface area contributed by atoms with E-state index in [1.54, 1.807) is 30.3 Å². The molecule has 8 aromatic rings. The number of esters is 1. The number of phenolic OH excluding ortho intramolecular Hbond substituents is 2. The monoisotopic (exact) mass is 1010 g/mol. The zero-order chi connectivity index (χ0) is 54.4. The molecule has 2 aliphatic rings. The molecule has 2 aliphatic heterocycles. The second-order valence-corrected chi connectivity index (χ2v) is 19.9. The largest absolute Gasteiger partial charge is 0.508 e. The lowest BCUT2D eigenvalue weighted by molar-refractivity contribution is 0.0223. The minimum absolute atomic E-state index is 0.0328. The predicted octanol–water partition coefficient (Wildman–Crippen LogP) is 14.3. The first-order chi connectivity index (χ1) is 36.5. The van der Waals surface area contributed by atoms with E-state index in [1.165, 1.54) is 41.0 Å². The van der Waals surface area contributed by atoms with Crippen LogP contribution in [0.1, 0.15) is 131 Å². The Morgan fingerprint density at radius 1 is 0.487 bits per heavy atom. The molecule has 0 radical (unpaired) electrons. The number of carboxylic acids is 1. The van der Waals surface area contributed by atoms with Gasteiger partial charge in [0.25, 0.3) is 0 Å². The fourth-order valence-corrected chi connectivity index (χ4v) is 10.3. The minimum atomic E-state index is -1.17. The zero-order valence-electron chi connectivity index (χ0n) is 44.5. The van der Waals surface area contributed by atoms with Gasteiger partial charge in [-0.15, -0.1) is 0 Å². The molecule has 388 valence electrons. The van der Waals surface area contributed by atoms with Crippen molar-refractivity contribution in [3.8, 4) is 23.0 Å². The summed E-state index contributed by atoms with van der Waals surface area (Å²) in [5.74, 6) is -0.403. The van der Waals surface area contributed by atoms with Gasteiger partial charge in [0.05, 0.1) is 16.7 Å². The standard InChI is InChI=1S/C33H31NO3.C18H19NO4.C15H16O/c1-5-34(6-2)24-17-18-27-30(21-24)36-29-19-16-23(32(3,4)22-12-8-7-9-13-22)20-28(29)33(27)26-15-11-10-14-25(26)31(35)37-33;1-3-19(4-2)12-9-10-15(16(20)11-12)17(21)13-7-5-6-8-14(13)18(22)23;1-15(2,12-6-4-3-5-7-12)13-8-10-14(16)11-9-13/h7-21H,5-6H2,1-4H3;5-11,20H,3-4H2,1-2H3,(H,22,23);3-11,16H,1-2H3. The number of fused-ring (bicyclic) bond motifs is 6. The second-order valence-electron chi connectivity index (χ2n) is 19.9. The van der Waals surface area contributed by atoms with Crippen LogP contribution in [0.3, 0.4) is 0 Å². The Bertz CT molecular complexity index is 3360. The predicted molar refractivity (Wildman–Crippen MR) is 302 cm³/mol. The van der Waals surface area contributed by atoms with E-state index >= 15 is 0 Å². The lowest BCUT2D eigenvalue weighted by atomic mass is 9.73. The number of rotatable bonds is 13. The smallest absolute Gasteiger partial charge is 0.340 e. The average Bonchev–Trinajstić information content (AvgIpc) is 3.85. The number of hydrogen-bond donors (Lipinski definition) is 3. The molecule has 0 fully saturated rings. The highest BCUT2D eigenvalue weighted by Crippen LogP contribution is 2.57. The number of phenols is 2. The highest BCUT2D eigenvalue weighted by Gasteiger charge is 2.54. The van der Waals surface area contributed by atoms with Crippen LogP contribution in [0, 0.1) is 0 Å². The Morgan fingerprint density at radius 2 is 0.987 bits per heavy atom. The number of hydrogen-bond acceptors (Lipinski definition) is 9. The highest BCUT2D eigenvalue weighted by atomic mass is 16.6.